The largest absolute Gasteiger partial charge is 0.490 e. The first-order valence-electron chi connectivity index (χ1n) is 9.10. The maximum absolute atomic E-state index is 12.6. The molecule has 1 saturated heterocycles. The summed E-state index contributed by atoms with van der Waals surface area (Å²) in [5, 5.41) is 11.6. The molecule has 146 valence electrons. The second-order valence-corrected chi connectivity index (χ2v) is 6.98. The molecule has 0 aromatic heterocycles. The number of carbonyl (C=O) groups excluding carboxylic acids is 2. The van der Waals surface area contributed by atoms with E-state index in [0.29, 0.717) is 42.8 Å². The number of benzene rings is 1. The topological polar surface area (TPSA) is 105 Å². The van der Waals surface area contributed by atoms with E-state index in [9.17, 15) is 14.4 Å². The minimum Gasteiger partial charge on any atom is -0.490 e. The zero-order valence-corrected chi connectivity index (χ0v) is 15.4. The zero-order valence-electron chi connectivity index (χ0n) is 15.4. The highest BCUT2D eigenvalue weighted by molar-refractivity contribution is 5.95. The highest BCUT2D eigenvalue weighted by atomic mass is 16.5. The van der Waals surface area contributed by atoms with Crippen LogP contribution >= 0.6 is 0 Å². The number of hydrogen-bond acceptors (Lipinski definition) is 5. The highest BCUT2D eigenvalue weighted by Crippen LogP contribution is 2.37. The van der Waals surface area contributed by atoms with Crippen LogP contribution < -0.4 is 14.8 Å². The molecule has 2 fully saturated rings. The Kier molecular flexibility index (Phi) is 5.53. The van der Waals surface area contributed by atoms with Gasteiger partial charge in [-0.25, -0.2) is 4.79 Å². The second-order valence-electron chi connectivity index (χ2n) is 6.98. The molecule has 1 saturated carbocycles. The minimum absolute atomic E-state index is 0.0853. The molecule has 1 heterocycles. The van der Waals surface area contributed by atoms with E-state index in [2.05, 4.69) is 12.2 Å². The van der Waals surface area contributed by atoms with Crippen molar-refractivity contribution in [3.8, 4) is 11.5 Å². The Morgan fingerprint density at radius 3 is 2.67 bits per heavy atom. The summed E-state index contributed by atoms with van der Waals surface area (Å²) in [4.78, 5) is 37.2. The molecule has 3 atom stereocenters. The van der Waals surface area contributed by atoms with Crippen molar-refractivity contribution in [2.45, 2.75) is 38.8 Å². The molecule has 3 rings (SSSR count). The summed E-state index contributed by atoms with van der Waals surface area (Å²) in [5.41, 5.74) is 0.367. The maximum atomic E-state index is 12.6. The van der Waals surface area contributed by atoms with Crippen LogP contribution in [0.1, 0.15) is 37.0 Å². The van der Waals surface area contributed by atoms with Gasteiger partial charge in [-0.15, -0.1) is 0 Å². The van der Waals surface area contributed by atoms with Crippen LogP contribution in [0.4, 0.5) is 0 Å². The molecule has 27 heavy (non-hydrogen) atoms. The number of carboxylic acid groups (broad SMARTS) is 1. The third-order valence-corrected chi connectivity index (χ3v) is 4.82. The lowest BCUT2D eigenvalue weighted by molar-refractivity contribution is -0.139. The van der Waals surface area contributed by atoms with E-state index in [-0.39, 0.29) is 23.6 Å². The Morgan fingerprint density at radius 2 is 2.04 bits per heavy atom. The van der Waals surface area contributed by atoms with Gasteiger partial charge in [0.05, 0.1) is 12.6 Å². The number of ether oxygens (including phenoxy) is 2. The molecular weight excluding hydrogens is 352 g/mol. The van der Waals surface area contributed by atoms with Gasteiger partial charge in [0.1, 0.15) is 0 Å². The fraction of sp³-hybridized carbons (Fsp3) is 0.526. The Balaban J connectivity index is 1.64. The summed E-state index contributed by atoms with van der Waals surface area (Å²) in [6.07, 6.45) is 1.34. The van der Waals surface area contributed by atoms with Crippen LogP contribution in [0, 0.1) is 5.92 Å². The second kappa shape index (κ2) is 7.85. The molecule has 1 aliphatic heterocycles. The number of amides is 2. The van der Waals surface area contributed by atoms with Gasteiger partial charge in [-0.2, -0.15) is 0 Å². The van der Waals surface area contributed by atoms with E-state index in [1.165, 1.54) is 12.1 Å². The van der Waals surface area contributed by atoms with Gasteiger partial charge in [-0.3, -0.25) is 9.59 Å². The van der Waals surface area contributed by atoms with Gasteiger partial charge in [0.25, 0.3) is 5.91 Å². The van der Waals surface area contributed by atoms with Crippen molar-refractivity contribution in [1.82, 2.24) is 10.2 Å². The molecule has 0 radical (unpaired) electrons. The summed E-state index contributed by atoms with van der Waals surface area (Å²) in [7, 11) is 0. The van der Waals surface area contributed by atoms with Crippen LogP contribution in [-0.4, -0.2) is 59.6 Å². The first-order chi connectivity index (χ1) is 12.9. The number of carboxylic acids is 1. The summed E-state index contributed by atoms with van der Waals surface area (Å²) in [6, 6.07) is 4.69. The number of likely N-dealkylation sites (tertiary alicyclic amines) is 1. The van der Waals surface area contributed by atoms with Gasteiger partial charge < -0.3 is 24.8 Å². The average molecular weight is 376 g/mol. The summed E-state index contributed by atoms with van der Waals surface area (Å²) >= 11 is 0. The van der Waals surface area contributed by atoms with Crippen LogP contribution in [0.5, 0.6) is 11.5 Å². The molecule has 0 unspecified atom stereocenters. The molecule has 2 aliphatic rings. The minimum atomic E-state index is -1.10. The van der Waals surface area contributed by atoms with Crippen LogP contribution in [-0.2, 0) is 9.59 Å². The molecule has 1 aliphatic carbocycles. The van der Waals surface area contributed by atoms with Gasteiger partial charge in [-0.05, 0) is 37.5 Å². The molecule has 0 bridgehead atoms. The van der Waals surface area contributed by atoms with Crippen LogP contribution in [0.25, 0.3) is 0 Å². The summed E-state index contributed by atoms with van der Waals surface area (Å²) < 4.78 is 10.6. The molecule has 0 spiro atoms. The van der Waals surface area contributed by atoms with E-state index in [1.807, 2.05) is 4.90 Å². The number of aliphatic carboxylic acids is 1. The normalized spacial score (nSPS) is 23.9. The molecule has 8 nitrogen and oxygen atoms in total. The molecule has 2 N–H and O–H groups in total. The van der Waals surface area contributed by atoms with Crippen molar-refractivity contribution in [2.24, 2.45) is 5.92 Å². The number of nitrogens with zero attached hydrogens (tertiary/aromatic N) is 1. The lowest BCUT2D eigenvalue weighted by Crippen LogP contribution is -2.37. The van der Waals surface area contributed by atoms with Gasteiger partial charge in [0.15, 0.2) is 18.1 Å². The number of rotatable bonds is 8. The van der Waals surface area contributed by atoms with Crippen LogP contribution in [0.2, 0.25) is 0 Å². The quantitative estimate of drug-likeness (QED) is 0.708. The third-order valence-electron chi connectivity index (χ3n) is 4.82. The smallest absolute Gasteiger partial charge is 0.341 e. The third kappa shape index (κ3) is 4.50. The average Bonchev–Trinajstić information content (AvgIpc) is 3.23. The monoisotopic (exact) mass is 376 g/mol. The van der Waals surface area contributed by atoms with E-state index < -0.39 is 12.6 Å². The predicted molar refractivity (Wildman–Crippen MR) is 95.9 cm³/mol. The lowest BCUT2D eigenvalue weighted by Gasteiger charge is -2.17. The van der Waals surface area contributed by atoms with E-state index in [4.69, 9.17) is 14.6 Å². The Morgan fingerprint density at radius 1 is 1.30 bits per heavy atom. The SMILES string of the molecule is CCOc1cc(C(=O)N[C@@H]2CC(=O)N([C@@H]3C[C@@H]3C)C2)ccc1OCC(=O)O. The van der Waals surface area contributed by atoms with Crippen LogP contribution in [0.15, 0.2) is 18.2 Å². The number of nitrogens with one attached hydrogen (secondary N) is 1. The van der Waals surface area contributed by atoms with Crippen molar-refractivity contribution < 1.29 is 29.0 Å². The van der Waals surface area contributed by atoms with Crippen molar-refractivity contribution in [3.05, 3.63) is 23.8 Å². The van der Waals surface area contributed by atoms with Gasteiger partial charge in [0, 0.05) is 24.6 Å². The van der Waals surface area contributed by atoms with E-state index in [0.717, 1.165) is 6.42 Å². The lowest BCUT2D eigenvalue weighted by atomic mass is 10.1. The van der Waals surface area contributed by atoms with Gasteiger partial charge >= 0.3 is 5.97 Å². The van der Waals surface area contributed by atoms with E-state index >= 15 is 0 Å². The molecule has 2 amide bonds. The fourth-order valence-corrected chi connectivity index (χ4v) is 3.33. The molecule has 1 aromatic rings. The number of hydrogen-bond donors (Lipinski definition) is 2. The van der Waals surface area contributed by atoms with Crippen LogP contribution in [0.3, 0.4) is 0 Å². The summed E-state index contributed by atoms with van der Waals surface area (Å²) in [5.74, 6) is -0.204. The van der Waals surface area contributed by atoms with Crippen molar-refractivity contribution in [2.75, 3.05) is 19.8 Å². The predicted octanol–water partition coefficient (Wildman–Crippen LogP) is 1.29. The zero-order chi connectivity index (χ0) is 19.6. The highest BCUT2D eigenvalue weighted by Gasteiger charge is 2.44. The Bertz CT molecular complexity index is 750. The Labute approximate surface area is 157 Å². The maximum Gasteiger partial charge on any atom is 0.341 e. The van der Waals surface area contributed by atoms with Crippen molar-refractivity contribution >= 4 is 17.8 Å². The Hall–Kier alpha value is -2.77. The molecule has 8 heteroatoms. The summed E-state index contributed by atoms with van der Waals surface area (Å²) in [6.45, 7) is 4.29. The van der Waals surface area contributed by atoms with Crippen molar-refractivity contribution in [1.29, 1.82) is 0 Å². The number of carbonyl (C=O) groups is 3. The fourth-order valence-electron chi connectivity index (χ4n) is 3.33. The standard InChI is InChI=1S/C19H24N2O6/c1-3-26-16-7-12(4-5-15(16)27-10-18(23)24)19(25)20-13-8-17(22)21(9-13)14-6-11(14)2/h4-5,7,11,13-14H,3,6,8-10H2,1-2H3,(H,20,25)(H,23,24)/t11-,13+,14+/m0/s1. The molecule has 1 aromatic carbocycles. The van der Waals surface area contributed by atoms with Gasteiger partial charge in [0.2, 0.25) is 5.91 Å². The first kappa shape index (κ1) is 19.0. The first-order valence-corrected chi connectivity index (χ1v) is 9.10. The molecular formula is C19H24N2O6. The van der Waals surface area contributed by atoms with Gasteiger partial charge in [-0.1, -0.05) is 6.92 Å². The van der Waals surface area contributed by atoms with Crippen molar-refractivity contribution in [3.63, 3.8) is 0 Å². The van der Waals surface area contributed by atoms with E-state index in [1.54, 1.807) is 13.0 Å².